The number of amides is 2. The van der Waals surface area contributed by atoms with Crippen LogP contribution in [-0.4, -0.2) is 65.3 Å². The lowest BCUT2D eigenvalue weighted by molar-refractivity contribution is -0.117. The van der Waals surface area contributed by atoms with Crippen LogP contribution in [0.4, 0.5) is 5.82 Å². The predicted octanol–water partition coefficient (Wildman–Crippen LogP) is 3.26. The molecule has 1 N–H and O–H groups in total. The van der Waals surface area contributed by atoms with E-state index in [1.54, 1.807) is 66.4 Å². The summed E-state index contributed by atoms with van der Waals surface area (Å²) in [6.45, 7) is 3.95. The molecule has 33 heavy (non-hydrogen) atoms. The minimum absolute atomic E-state index is 0.193. The fourth-order valence-corrected chi connectivity index (χ4v) is 3.84. The van der Waals surface area contributed by atoms with Gasteiger partial charge in [0.1, 0.15) is 5.76 Å². The zero-order valence-corrected chi connectivity index (χ0v) is 18.8. The van der Waals surface area contributed by atoms with Crippen molar-refractivity contribution >= 4 is 35.0 Å². The number of rotatable bonds is 6. The number of nitrogens with one attached hydrogen (secondary N) is 1. The molecular formula is C24H23ClN4O4. The Balaban J connectivity index is 1.37. The number of anilines is 1. The fourth-order valence-electron chi connectivity index (χ4n) is 3.71. The van der Waals surface area contributed by atoms with Gasteiger partial charge in [0.05, 0.1) is 12.1 Å². The van der Waals surface area contributed by atoms with Crippen molar-refractivity contribution in [1.82, 2.24) is 15.0 Å². The molecule has 2 aromatic carbocycles. The number of aryl methyl sites for hydroxylation is 1. The highest BCUT2D eigenvalue weighted by Gasteiger charge is 2.26. The number of carbonyl (C=O) groups is 3. The molecule has 0 unspecified atom stereocenters. The average molecular weight is 467 g/mol. The first-order chi connectivity index (χ1) is 15.9. The molecule has 0 spiro atoms. The van der Waals surface area contributed by atoms with Crippen molar-refractivity contribution in [2.24, 2.45) is 0 Å². The second kappa shape index (κ2) is 9.97. The van der Waals surface area contributed by atoms with Gasteiger partial charge >= 0.3 is 0 Å². The standard InChI is InChI=1S/C24H23ClN4O4/c1-16-14-21(27-33-16)26-22(30)15-28-10-12-29(13-11-28)24(32)20-5-3-2-4-19(20)23(31)17-6-8-18(25)9-7-17/h2-9,14H,10-13,15H2,1H3,(H,26,27,30). The van der Waals surface area contributed by atoms with Crippen molar-refractivity contribution in [3.63, 3.8) is 0 Å². The lowest BCUT2D eigenvalue weighted by Crippen LogP contribution is -2.50. The molecule has 1 fully saturated rings. The molecule has 1 aliphatic rings. The molecule has 1 aliphatic heterocycles. The molecule has 4 rings (SSSR count). The Kier molecular flexibility index (Phi) is 6.86. The van der Waals surface area contributed by atoms with Gasteiger partial charge in [-0.2, -0.15) is 0 Å². The van der Waals surface area contributed by atoms with Gasteiger partial charge < -0.3 is 14.7 Å². The van der Waals surface area contributed by atoms with E-state index in [9.17, 15) is 14.4 Å². The summed E-state index contributed by atoms with van der Waals surface area (Å²) in [5, 5.41) is 6.99. The van der Waals surface area contributed by atoms with E-state index in [1.165, 1.54) is 0 Å². The van der Waals surface area contributed by atoms with Crippen LogP contribution in [0.2, 0.25) is 5.02 Å². The van der Waals surface area contributed by atoms with Gasteiger partial charge in [-0.15, -0.1) is 0 Å². The van der Waals surface area contributed by atoms with E-state index >= 15 is 0 Å². The molecule has 170 valence electrons. The van der Waals surface area contributed by atoms with Gasteiger partial charge in [0.15, 0.2) is 11.6 Å². The van der Waals surface area contributed by atoms with Crippen molar-refractivity contribution in [1.29, 1.82) is 0 Å². The SMILES string of the molecule is Cc1cc(NC(=O)CN2CCN(C(=O)c3ccccc3C(=O)c3ccc(Cl)cc3)CC2)no1. The highest BCUT2D eigenvalue weighted by Crippen LogP contribution is 2.19. The number of hydrogen-bond donors (Lipinski definition) is 1. The quantitative estimate of drug-likeness (QED) is 0.560. The summed E-state index contributed by atoms with van der Waals surface area (Å²) in [5.74, 6) is 0.381. The van der Waals surface area contributed by atoms with Crippen LogP contribution in [0.15, 0.2) is 59.1 Å². The molecule has 8 nitrogen and oxygen atoms in total. The van der Waals surface area contributed by atoms with Gasteiger partial charge in [-0.25, -0.2) is 0 Å². The Labute approximate surface area is 196 Å². The van der Waals surface area contributed by atoms with Crippen LogP contribution in [0.5, 0.6) is 0 Å². The van der Waals surface area contributed by atoms with Crippen LogP contribution in [0, 0.1) is 6.92 Å². The van der Waals surface area contributed by atoms with E-state index in [2.05, 4.69) is 10.5 Å². The monoisotopic (exact) mass is 466 g/mol. The van der Waals surface area contributed by atoms with E-state index in [0.717, 1.165) is 0 Å². The third kappa shape index (κ3) is 5.47. The van der Waals surface area contributed by atoms with Gasteiger partial charge in [-0.05, 0) is 37.3 Å². The minimum Gasteiger partial charge on any atom is -0.360 e. The summed E-state index contributed by atoms with van der Waals surface area (Å²) in [6.07, 6.45) is 0. The molecule has 9 heteroatoms. The maximum Gasteiger partial charge on any atom is 0.254 e. The van der Waals surface area contributed by atoms with E-state index in [4.69, 9.17) is 16.1 Å². The highest BCUT2D eigenvalue weighted by atomic mass is 35.5. The van der Waals surface area contributed by atoms with Crippen LogP contribution >= 0.6 is 11.6 Å². The number of hydrogen-bond acceptors (Lipinski definition) is 6. The number of carbonyl (C=O) groups excluding carboxylic acids is 3. The van der Waals surface area contributed by atoms with Crippen molar-refractivity contribution < 1.29 is 18.9 Å². The van der Waals surface area contributed by atoms with Gasteiger partial charge in [-0.1, -0.05) is 35.0 Å². The zero-order chi connectivity index (χ0) is 23.4. The molecular weight excluding hydrogens is 444 g/mol. The Bertz CT molecular complexity index is 1170. The summed E-state index contributed by atoms with van der Waals surface area (Å²) in [6, 6.07) is 15.1. The predicted molar refractivity (Wildman–Crippen MR) is 124 cm³/mol. The molecule has 0 aliphatic carbocycles. The second-order valence-electron chi connectivity index (χ2n) is 7.82. The van der Waals surface area contributed by atoms with E-state index in [0.29, 0.717) is 59.5 Å². The summed E-state index contributed by atoms with van der Waals surface area (Å²) >= 11 is 5.92. The summed E-state index contributed by atoms with van der Waals surface area (Å²) in [4.78, 5) is 42.2. The number of benzene rings is 2. The Morgan fingerprint density at radius 3 is 2.30 bits per heavy atom. The summed E-state index contributed by atoms with van der Waals surface area (Å²) in [7, 11) is 0. The molecule has 0 saturated carbocycles. The molecule has 0 radical (unpaired) electrons. The molecule has 3 aromatic rings. The number of aromatic nitrogens is 1. The summed E-state index contributed by atoms with van der Waals surface area (Å²) < 4.78 is 4.95. The van der Waals surface area contributed by atoms with Crippen LogP contribution in [-0.2, 0) is 4.79 Å². The fraction of sp³-hybridized carbons (Fsp3) is 0.250. The Morgan fingerprint density at radius 2 is 1.67 bits per heavy atom. The molecule has 2 amide bonds. The zero-order valence-electron chi connectivity index (χ0n) is 18.1. The van der Waals surface area contributed by atoms with E-state index in [-0.39, 0.29) is 24.1 Å². The maximum absolute atomic E-state index is 13.2. The Morgan fingerprint density at radius 1 is 1.00 bits per heavy atom. The number of halogens is 1. The molecule has 1 saturated heterocycles. The normalized spacial score (nSPS) is 14.2. The first kappa shape index (κ1) is 22.7. The molecule has 0 atom stereocenters. The maximum atomic E-state index is 13.2. The lowest BCUT2D eigenvalue weighted by atomic mass is 9.97. The third-order valence-electron chi connectivity index (χ3n) is 5.43. The second-order valence-corrected chi connectivity index (χ2v) is 8.26. The van der Waals surface area contributed by atoms with Gasteiger partial charge in [-0.3, -0.25) is 19.3 Å². The van der Waals surface area contributed by atoms with E-state index in [1.807, 2.05) is 4.90 Å². The molecule has 0 bridgehead atoms. The number of piperazine rings is 1. The first-order valence-electron chi connectivity index (χ1n) is 10.5. The van der Waals surface area contributed by atoms with E-state index < -0.39 is 0 Å². The van der Waals surface area contributed by atoms with Crippen LogP contribution in [0.25, 0.3) is 0 Å². The smallest absolute Gasteiger partial charge is 0.254 e. The Hall–Kier alpha value is -3.49. The van der Waals surface area contributed by atoms with Crippen LogP contribution < -0.4 is 5.32 Å². The lowest BCUT2D eigenvalue weighted by Gasteiger charge is -2.34. The van der Waals surface area contributed by atoms with Crippen molar-refractivity contribution in [3.05, 3.63) is 82.1 Å². The van der Waals surface area contributed by atoms with Crippen molar-refractivity contribution in [2.45, 2.75) is 6.92 Å². The highest BCUT2D eigenvalue weighted by molar-refractivity contribution is 6.30. The van der Waals surface area contributed by atoms with Crippen molar-refractivity contribution in [2.75, 3.05) is 38.0 Å². The minimum atomic E-state index is -0.228. The van der Waals surface area contributed by atoms with Gasteiger partial charge in [0, 0.05) is 48.4 Å². The molecule has 1 aromatic heterocycles. The third-order valence-corrected chi connectivity index (χ3v) is 5.68. The molecule has 2 heterocycles. The largest absolute Gasteiger partial charge is 0.360 e. The average Bonchev–Trinajstić information content (AvgIpc) is 3.23. The van der Waals surface area contributed by atoms with Gasteiger partial charge in [0.25, 0.3) is 5.91 Å². The summed E-state index contributed by atoms with van der Waals surface area (Å²) in [5.41, 5.74) is 1.19. The van der Waals surface area contributed by atoms with Crippen LogP contribution in [0.1, 0.15) is 32.0 Å². The first-order valence-corrected chi connectivity index (χ1v) is 10.9. The number of ketones is 1. The van der Waals surface area contributed by atoms with Crippen molar-refractivity contribution in [3.8, 4) is 0 Å². The number of nitrogens with zero attached hydrogens (tertiary/aromatic N) is 3. The van der Waals surface area contributed by atoms with Gasteiger partial charge in [0.2, 0.25) is 5.91 Å². The topological polar surface area (TPSA) is 95.8 Å². The van der Waals surface area contributed by atoms with Crippen LogP contribution in [0.3, 0.4) is 0 Å².